The lowest BCUT2D eigenvalue weighted by Crippen LogP contribution is -2.60. The minimum Gasteiger partial charge on any atom is -0.367 e. The SMILES string of the molecule is NC(=O)C1(c2ccc(NC(=O)c3ccc(F)cc3Br)cc2)NC=NC1C(=O)NCCN1CCCCC1. The average molecular weight is 559 g/mol. The highest BCUT2D eigenvalue weighted by atomic mass is 79.9. The summed E-state index contributed by atoms with van der Waals surface area (Å²) in [5.41, 5.74) is 5.37. The standard InChI is InChI=1S/C25H28BrFN6O3/c26-20-14-17(27)6-9-19(20)22(34)32-18-7-4-16(5-8-18)25(24(28)36)21(30-15-31-25)23(35)29-10-13-33-11-2-1-3-12-33/h4-9,14-15,21H,1-3,10-13H2,(H2,28,36)(H,29,35)(H,30,31)(H,32,34). The monoisotopic (exact) mass is 558 g/mol. The molecule has 1 fully saturated rings. The first kappa shape index (κ1) is 25.8. The van der Waals surface area contributed by atoms with Gasteiger partial charge in [0.1, 0.15) is 5.82 Å². The second-order valence-electron chi connectivity index (χ2n) is 8.85. The second kappa shape index (κ2) is 11.2. The summed E-state index contributed by atoms with van der Waals surface area (Å²) in [6.07, 6.45) is 4.88. The Morgan fingerprint density at radius 3 is 2.53 bits per heavy atom. The maximum Gasteiger partial charge on any atom is 0.256 e. The van der Waals surface area contributed by atoms with Crippen molar-refractivity contribution in [1.29, 1.82) is 0 Å². The summed E-state index contributed by atoms with van der Waals surface area (Å²) in [7, 11) is 0. The number of hydrogen-bond acceptors (Lipinski definition) is 6. The molecule has 9 nitrogen and oxygen atoms in total. The van der Waals surface area contributed by atoms with Gasteiger partial charge >= 0.3 is 0 Å². The highest BCUT2D eigenvalue weighted by Crippen LogP contribution is 2.31. The van der Waals surface area contributed by atoms with Gasteiger partial charge in [0.25, 0.3) is 11.8 Å². The van der Waals surface area contributed by atoms with Crippen molar-refractivity contribution in [3.8, 4) is 0 Å². The van der Waals surface area contributed by atoms with Gasteiger partial charge < -0.3 is 26.6 Å². The number of primary amides is 1. The van der Waals surface area contributed by atoms with Crippen LogP contribution >= 0.6 is 15.9 Å². The van der Waals surface area contributed by atoms with Gasteiger partial charge in [0.05, 0.1) is 11.9 Å². The molecule has 190 valence electrons. The van der Waals surface area contributed by atoms with Crippen molar-refractivity contribution in [1.82, 2.24) is 15.5 Å². The molecule has 2 unspecified atom stereocenters. The summed E-state index contributed by atoms with van der Waals surface area (Å²) in [5.74, 6) is -2.04. The van der Waals surface area contributed by atoms with E-state index in [4.69, 9.17) is 5.73 Å². The Bertz CT molecular complexity index is 1170. The minimum atomic E-state index is -1.56. The number of nitrogens with zero attached hydrogens (tertiary/aromatic N) is 2. The van der Waals surface area contributed by atoms with Crippen molar-refractivity contribution in [2.45, 2.75) is 30.8 Å². The largest absolute Gasteiger partial charge is 0.367 e. The molecule has 1 saturated heterocycles. The van der Waals surface area contributed by atoms with Gasteiger partial charge in [-0.25, -0.2) is 4.39 Å². The zero-order chi connectivity index (χ0) is 25.7. The molecule has 11 heteroatoms. The van der Waals surface area contributed by atoms with Crippen molar-refractivity contribution in [2.75, 3.05) is 31.5 Å². The number of halogens is 2. The van der Waals surface area contributed by atoms with Gasteiger partial charge in [0.15, 0.2) is 11.6 Å². The summed E-state index contributed by atoms with van der Waals surface area (Å²) in [4.78, 5) is 44.8. The molecule has 36 heavy (non-hydrogen) atoms. The lowest BCUT2D eigenvalue weighted by molar-refractivity contribution is -0.131. The van der Waals surface area contributed by atoms with Gasteiger partial charge in [0.2, 0.25) is 5.91 Å². The van der Waals surface area contributed by atoms with Crippen LogP contribution in [0.15, 0.2) is 51.9 Å². The fourth-order valence-electron chi connectivity index (χ4n) is 4.56. The third-order valence-electron chi connectivity index (χ3n) is 6.51. The number of rotatable bonds is 8. The topological polar surface area (TPSA) is 129 Å². The number of carbonyl (C=O) groups excluding carboxylic acids is 3. The maximum absolute atomic E-state index is 13.3. The van der Waals surface area contributed by atoms with Gasteiger partial charge in [-0.15, -0.1) is 0 Å². The van der Waals surface area contributed by atoms with Crippen molar-refractivity contribution < 1.29 is 18.8 Å². The number of piperidine rings is 1. The normalized spacial score (nSPS) is 21.6. The Morgan fingerprint density at radius 1 is 1.14 bits per heavy atom. The van der Waals surface area contributed by atoms with E-state index in [1.54, 1.807) is 24.3 Å². The summed E-state index contributed by atoms with van der Waals surface area (Å²) >= 11 is 3.19. The number of likely N-dealkylation sites (tertiary alicyclic amines) is 1. The van der Waals surface area contributed by atoms with Crippen LogP contribution in [-0.4, -0.2) is 61.2 Å². The van der Waals surface area contributed by atoms with Crippen LogP contribution in [0.3, 0.4) is 0 Å². The fraction of sp³-hybridized carbons (Fsp3) is 0.360. The number of nitrogens with two attached hydrogens (primary N) is 1. The zero-order valence-electron chi connectivity index (χ0n) is 19.6. The molecule has 2 atom stereocenters. The first-order valence-electron chi connectivity index (χ1n) is 11.8. The third-order valence-corrected chi connectivity index (χ3v) is 7.17. The molecule has 3 amide bonds. The second-order valence-corrected chi connectivity index (χ2v) is 9.70. The molecule has 0 radical (unpaired) electrons. The van der Waals surface area contributed by atoms with Crippen LogP contribution in [0.4, 0.5) is 10.1 Å². The van der Waals surface area contributed by atoms with Crippen LogP contribution in [0.2, 0.25) is 0 Å². The van der Waals surface area contributed by atoms with E-state index in [1.807, 2.05) is 0 Å². The van der Waals surface area contributed by atoms with Crippen molar-refractivity contribution in [3.05, 3.63) is 63.9 Å². The Balaban J connectivity index is 1.45. The molecule has 2 aliphatic rings. The summed E-state index contributed by atoms with van der Waals surface area (Å²) < 4.78 is 13.7. The lowest BCUT2D eigenvalue weighted by atomic mass is 9.82. The maximum atomic E-state index is 13.3. The van der Waals surface area contributed by atoms with Crippen LogP contribution in [0.25, 0.3) is 0 Å². The Morgan fingerprint density at radius 2 is 1.86 bits per heavy atom. The van der Waals surface area contributed by atoms with E-state index in [0.29, 0.717) is 22.3 Å². The Hall–Kier alpha value is -3.31. The summed E-state index contributed by atoms with van der Waals surface area (Å²) in [6.45, 7) is 3.22. The van der Waals surface area contributed by atoms with Crippen LogP contribution < -0.4 is 21.7 Å². The van der Waals surface area contributed by atoms with E-state index in [2.05, 4.69) is 41.8 Å². The molecule has 2 aliphatic heterocycles. The highest BCUT2D eigenvalue weighted by molar-refractivity contribution is 9.10. The molecule has 2 aromatic carbocycles. The summed E-state index contributed by atoms with van der Waals surface area (Å²) in [5, 5.41) is 8.50. The number of amides is 3. The number of benzene rings is 2. The number of anilines is 1. The van der Waals surface area contributed by atoms with Crippen LogP contribution in [-0.2, 0) is 15.1 Å². The van der Waals surface area contributed by atoms with Crippen LogP contribution in [0.5, 0.6) is 0 Å². The predicted molar refractivity (Wildman–Crippen MR) is 138 cm³/mol. The van der Waals surface area contributed by atoms with Crippen LogP contribution in [0, 0.1) is 5.82 Å². The van der Waals surface area contributed by atoms with Gasteiger partial charge in [0, 0.05) is 23.2 Å². The molecule has 0 saturated carbocycles. The smallest absolute Gasteiger partial charge is 0.256 e. The van der Waals surface area contributed by atoms with Crippen molar-refractivity contribution in [2.24, 2.45) is 10.7 Å². The van der Waals surface area contributed by atoms with E-state index in [-0.39, 0.29) is 5.56 Å². The quantitative estimate of drug-likeness (QED) is 0.394. The number of nitrogens with one attached hydrogen (secondary N) is 3. The third kappa shape index (κ3) is 5.41. The van der Waals surface area contributed by atoms with Crippen molar-refractivity contribution >= 4 is 45.7 Å². The molecule has 5 N–H and O–H groups in total. The molecule has 0 aromatic heterocycles. The van der Waals surface area contributed by atoms with Gasteiger partial charge in [-0.1, -0.05) is 18.6 Å². The molecule has 0 aliphatic carbocycles. The van der Waals surface area contributed by atoms with E-state index in [1.165, 1.54) is 31.0 Å². The van der Waals surface area contributed by atoms with Crippen molar-refractivity contribution in [3.63, 3.8) is 0 Å². The average Bonchev–Trinajstić information content (AvgIpc) is 3.31. The number of carbonyl (C=O) groups is 3. The first-order chi connectivity index (χ1) is 17.3. The van der Waals surface area contributed by atoms with E-state index in [9.17, 15) is 18.8 Å². The predicted octanol–water partition coefficient (Wildman–Crippen LogP) is 2.12. The number of aliphatic imine (C=N–C) groups is 1. The first-order valence-corrected chi connectivity index (χ1v) is 12.6. The number of hydrogen-bond donors (Lipinski definition) is 4. The molecule has 4 rings (SSSR count). The molecule has 2 aromatic rings. The zero-order valence-corrected chi connectivity index (χ0v) is 21.2. The lowest BCUT2D eigenvalue weighted by Gasteiger charge is -2.32. The molecule has 0 spiro atoms. The van der Waals surface area contributed by atoms with Gasteiger partial charge in [-0.2, -0.15) is 0 Å². The molecular weight excluding hydrogens is 531 g/mol. The van der Waals surface area contributed by atoms with Crippen LogP contribution in [0.1, 0.15) is 35.2 Å². The summed E-state index contributed by atoms with van der Waals surface area (Å²) in [6, 6.07) is 9.11. The van der Waals surface area contributed by atoms with E-state index >= 15 is 0 Å². The van der Waals surface area contributed by atoms with E-state index < -0.39 is 35.1 Å². The van der Waals surface area contributed by atoms with Gasteiger partial charge in [-0.05, 0) is 77.8 Å². The molecular formula is C25H28BrFN6O3. The minimum absolute atomic E-state index is 0.265. The Labute approximate surface area is 216 Å². The fourth-order valence-corrected chi connectivity index (χ4v) is 5.09. The molecule has 0 bridgehead atoms. The molecule has 2 heterocycles. The van der Waals surface area contributed by atoms with Gasteiger partial charge in [-0.3, -0.25) is 19.4 Å². The van der Waals surface area contributed by atoms with E-state index in [0.717, 1.165) is 32.5 Å². The Kier molecular flexibility index (Phi) is 8.00. The highest BCUT2D eigenvalue weighted by Gasteiger charge is 2.52.